The first-order chi connectivity index (χ1) is 12.2. The zero-order chi connectivity index (χ0) is 19.3. The van der Waals surface area contributed by atoms with Crippen molar-refractivity contribution in [3.63, 3.8) is 0 Å². The maximum Gasteiger partial charge on any atom is 0.269 e. The SMILES string of the molecule is CCC(C)NS(=O)(=O)c1ccc(C(=O)Nc2ccc([N+](=O)[O-])cc2)cc1. The fraction of sp³-hybridized carbons (Fsp3) is 0.235. The van der Waals surface area contributed by atoms with Gasteiger partial charge in [-0.15, -0.1) is 0 Å². The number of nitro groups is 1. The number of non-ortho nitro benzene ring substituents is 1. The van der Waals surface area contributed by atoms with E-state index in [0.29, 0.717) is 12.1 Å². The molecule has 1 amide bonds. The summed E-state index contributed by atoms with van der Waals surface area (Å²) in [6, 6.07) is 10.8. The van der Waals surface area contributed by atoms with Crippen LogP contribution in [0.3, 0.4) is 0 Å². The van der Waals surface area contributed by atoms with Crippen molar-refractivity contribution in [1.29, 1.82) is 0 Å². The van der Waals surface area contributed by atoms with Crippen LogP contribution in [0, 0.1) is 10.1 Å². The fourth-order valence-electron chi connectivity index (χ4n) is 2.07. The third-order valence-electron chi connectivity index (χ3n) is 3.73. The summed E-state index contributed by atoms with van der Waals surface area (Å²) in [4.78, 5) is 22.4. The van der Waals surface area contributed by atoms with Gasteiger partial charge in [-0.05, 0) is 49.7 Å². The van der Waals surface area contributed by atoms with E-state index in [1.807, 2.05) is 6.92 Å². The maximum atomic E-state index is 12.2. The Labute approximate surface area is 151 Å². The molecule has 1 unspecified atom stereocenters. The normalized spacial score (nSPS) is 12.4. The molecule has 0 saturated carbocycles. The van der Waals surface area contributed by atoms with E-state index in [-0.39, 0.29) is 22.2 Å². The summed E-state index contributed by atoms with van der Waals surface area (Å²) >= 11 is 0. The Kier molecular flexibility index (Phi) is 6.06. The summed E-state index contributed by atoms with van der Waals surface area (Å²) in [5.74, 6) is -0.447. The van der Waals surface area contributed by atoms with Crippen LogP contribution in [0.4, 0.5) is 11.4 Å². The molecule has 0 radical (unpaired) electrons. The van der Waals surface area contributed by atoms with Crippen LogP contribution < -0.4 is 10.0 Å². The molecule has 0 aliphatic carbocycles. The first-order valence-electron chi connectivity index (χ1n) is 7.91. The highest BCUT2D eigenvalue weighted by Gasteiger charge is 2.17. The molecule has 138 valence electrons. The smallest absolute Gasteiger partial charge is 0.269 e. The van der Waals surface area contributed by atoms with Crippen LogP contribution in [0.15, 0.2) is 53.4 Å². The van der Waals surface area contributed by atoms with Crippen LogP contribution in [-0.2, 0) is 10.0 Å². The van der Waals surface area contributed by atoms with Crippen LogP contribution in [0.5, 0.6) is 0 Å². The van der Waals surface area contributed by atoms with E-state index in [1.54, 1.807) is 6.92 Å². The van der Waals surface area contributed by atoms with Gasteiger partial charge in [0, 0.05) is 29.4 Å². The van der Waals surface area contributed by atoms with Crippen molar-refractivity contribution in [3.8, 4) is 0 Å². The van der Waals surface area contributed by atoms with Crippen molar-refractivity contribution < 1.29 is 18.1 Å². The Bertz CT molecular complexity index is 893. The Morgan fingerprint density at radius 2 is 1.69 bits per heavy atom. The first kappa shape index (κ1) is 19.5. The van der Waals surface area contributed by atoms with E-state index < -0.39 is 20.9 Å². The van der Waals surface area contributed by atoms with Gasteiger partial charge in [-0.25, -0.2) is 13.1 Å². The van der Waals surface area contributed by atoms with Crippen molar-refractivity contribution in [2.24, 2.45) is 0 Å². The second kappa shape index (κ2) is 8.07. The van der Waals surface area contributed by atoms with E-state index in [9.17, 15) is 23.3 Å². The molecule has 0 bridgehead atoms. The molecule has 2 aromatic carbocycles. The number of carbonyl (C=O) groups is 1. The molecule has 0 aliphatic heterocycles. The lowest BCUT2D eigenvalue weighted by atomic mass is 10.2. The number of hydrogen-bond donors (Lipinski definition) is 2. The van der Waals surface area contributed by atoms with Crippen molar-refractivity contribution >= 4 is 27.3 Å². The van der Waals surface area contributed by atoms with Crippen LogP contribution in [-0.4, -0.2) is 25.3 Å². The van der Waals surface area contributed by atoms with E-state index in [1.165, 1.54) is 48.5 Å². The van der Waals surface area contributed by atoms with Gasteiger partial charge >= 0.3 is 0 Å². The molecule has 0 saturated heterocycles. The van der Waals surface area contributed by atoms with Gasteiger partial charge < -0.3 is 5.32 Å². The number of nitrogens with zero attached hydrogens (tertiary/aromatic N) is 1. The molecule has 0 spiro atoms. The van der Waals surface area contributed by atoms with Gasteiger partial charge in [-0.3, -0.25) is 14.9 Å². The summed E-state index contributed by atoms with van der Waals surface area (Å²) in [5.41, 5.74) is 0.591. The lowest BCUT2D eigenvalue weighted by molar-refractivity contribution is -0.384. The van der Waals surface area contributed by atoms with Gasteiger partial charge in [0.1, 0.15) is 0 Å². The van der Waals surface area contributed by atoms with Crippen LogP contribution >= 0.6 is 0 Å². The second-order valence-electron chi connectivity index (χ2n) is 5.71. The van der Waals surface area contributed by atoms with E-state index in [0.717, 1.165) is 0 Å². The number of amides is 1. The summed E-state index contributed by atoms with van der Waals surface area (Å²) < 4.78 is 26.9. The lowest BCUT2D eigenvalue weighted by Gasteiger charge is -2.12. The molecule has 0 heterocycles. The average Bonchev–Trinajstić information content (AvgIpc) is 2.61. The minimum Gasteiger partial charge on any atom is -0.322 e. The zero-order valence-corrected chi connectivity index (χ0v) is 15.1. The highest BCUT2D eigenvalue weighted by atomic mass is 32.2. The molecule has 2 rings (SSSR count). The predicted molar refractivity (Wildman–Crippen MR) is 97.6 cm³/mol. The zero-order valence-electron chi connectivity index (χ0n) is 14.3. The number of rotatable bonds is 7. The average molecular weight is 377 g/mol. The van der Waals surface area contributed by atoms with Crippen LogP contribution in [0.25, 0.3) is 0 Å². The van der Waals surface area contributed by atoms with Gasteiger partial charge in [0.05, 0.1) is 9.82 Å². The molecule has 2 N–H and O–H groups in total. The van der Waals surface area contributed by atoms with Gasteiger partial charge in [-0.1, -0.05) is 6.92 Å². The minimum atomic E-state index is -3.63. The van der Waals surface area contributed by atoms with Gasteiger partial charge in [-0.2, -0.15) is 0 Å². The topological polar surface area (TPSA) is 118 Å². The standard InChI is InChI=1S/C17H19N3O5S/c1-3-12(2)19-26(24,25)16-10-4-13(5-11-16)17(21)18-14-6-8-15(9-7-14)20(22)23/h4-12,19H,3H2,1-2H3,(H,18,21). The van der Waals surface area contributed by atoms with Crippen molar-refractivity contribution in [1.82, 2.24) is 4.72 Å². The fourth-order valence-corrected chi connectivity index (χ4v) is 3.40. The molecule has 0 aliphatic rings. The Morgan fingerprint density at radius 3 is 2.19 bits per heavy atom. The number of anilines is 1. The maximum absolute atomic E-state index is 12.2. The number of carbonyl (C=O) groups excluding carboxylic acids is 1. The van der Waals surface area contributed by atoms with Gasteiger partial charge in [0.25, 0.3) is 11.6 Å². The molecular formula is C17H19N3O5S. The highest BCUT2D eigenvalue weighted by molar-refractivity contribution is 7.89. The van der Waals surface area contributed by atoms with E-state index in [2.05, 4.69) is 10.0 Å². The third-order valence-corrected chi connectivity index (χ3v) is 5.34. The molecule has 2 aromatic rings. The Morgan fingerprint density at radius 1 is 1.12 bits per heavy atom. The number of hydrogen-bond acceptors (Lipinski definition) is 5. The summed E-state index contributed by atoms with van der Waals surface area (Å²) in [7, 11) is -3.63. The van der Waals surface area contributed by atoms with Crippen LogP contribution in [0.1, 0.15) is 30.6 Å². The number of nitro benzene ring substituents is 1. The highest BCUT2D eigenvalue weighted by Crippen LogP contribution is 2.17. The molecule has 26 heavy (non-hydrogen) atoms. The summed E-state index contributed by atoms with van der Waals surface area (Å²) in [6.07, 6.45) is 0.662. The quantitative estimate of drug-likeness (QED) is 0.568. The lowest BCUT2D eigenvalue weighted by Crippen LogP contribution is -2.32. The minimum absolute atomic E-state index is 0.0738. The van der Waals surface area contributed by atoms with E-state index >= 15 is 0 Å². The third kappa shape index (κ3) is 4.87. The Balaban J connectivity index is 2.10. The second-order valence-corrected chi connectivity index (χ2v) is 7.43. The molecule has 1 atom stereocenters. The predicted octanol–water partition coefficient (Wildman–Crippen LogP) is 2.92. The monoisotopic (exact) mass is 377 g/mol. The molecule has 8 nitrogen and oxygen atoms in total. The van der Waals surface area contributed by atoms with Gasteiger partial charge in [0.2, 0.25) is 10.0 Å². The summed E-state index contributed by atoms with van der Waals surface area (Å²) in [6.45, 7) is 3.64. The first-order valence-corrected chi connectivity index (χ1v) is 9.39. The van der Waals surface area contributed by atoms with Crippen LogP contribution in [0.2, 0.25) is 0 Å². The Hall–Kier alpha value is -2.78. The van der Waals surface area contributed by atoms with Crippen molar-refractivity contribution in [2.45, 2.75) is 31.2 Å². The molecular weight excluding hydrogens is 358 g/mol. The van der Waals surface area contributed by atoms with Crippen molar-refractivity contribution in [2.75, 3.05) is 5.32 Å². The summed E-state index contributed by atoms with van der Waals surface area (Å²) in [5, 5.41) is 13.2. The largest absolute Gasteiger partial charge is 0.322 e. The molecule has 0 fully saturated rings. The number of sulfonamides is 1. The van der Waals surface area contributed by atoms with E-state index in [4.69, 9.17) is 0 Å². The van der Waals surface area contributed by atoms with Crippen molar-refractivity contribution in [3.05, 3.63) is 64.2 Å². The number of benzene rings is 2. The molecule has 9 heteroatoms. The van der Waals surface area contributed by atoms with Gasteiger partial charge in [0.15, 0.2) is 0 Å². The molecule has 0 aromatic heterocycles. The number of nitrogens with one attached hydrogen (secondary N) is 2.